The molecular weight excluding hydrogens is 300 g/mol. The van der Waals surface area contributed by atoms with Crippen molar-refractivity contribution in [3.63, 3.8) is 0 Å². The van der Waals surface area contributed by atoms with Crippen molar-refractivity contribution >= 4 is 17.3 Å². The van der Waals surface area contributed by atoms with Crippen LogP contribution in [0.5, 0.6) is 5.75 Å². The molecule has 0 fully saturated rings. The Balaban J connectivity index is 1.95. The van der Waals surface area contributed by atoms with Crippen LogP contribution in [-0.2, 0) is 17.6 Å². The van der Waals surface area contributed by atoms with E-state index in [1.165, 1.54) is 5.56 Å². The zero-order chi connectivity index (χ0) is 17.1. The van der Waals surface area contributed by atoms with E-state index in [1.807, 2.05) is 18.2 Å². The molecule has 4 nitrogen and oxygen atoms in total. The molecule has 4 heteroatoms. The highest BCUT2D eigenvalue weighted by molar-refractivity contribution is 6.00. The first-order chi connectivity index (χ1) is 11.6. The number of nitrogens with zero attached hydrogens (tertiary/aromatic N) is 1. The van der Waals surface area contributed by atoms with Gasteiger partial charge in [0.25, 0.3) is 5.91 Å². The average Bonchev–Trinajstić information content (AvgIpc) is 2.59. The highest BCUT2D eigenvalue weighted by Gasteiger charge is 2.34. The van der Waals surface area contributed by atoms with Gasteiger partial charge in [-0.05, 0) is 29.7 Å². The number of amides is 1. The summed E-state index contributed by atoms with van der Waals surface area (Å²) in [4.78, 5) is 14.4. The number of carbonyl (C=O) groups is 1. The van der Waals surface area contributed by atoms with Gasteiger partial charge in [0.1, 0.15) is 5.75 Å². The molecule has 1 atom stereocenters. The van der Waals surface area contributed by atoms with Crippen molar-refractivity contribution in [1.29, 1.82) is 0 Å². The van der Waals surface area contributed by atoms with E-state index in [2.05, 4.69) is 18.9 Å². The van der Waals surface area contributed by atoms with Crippen LogP contribution < -0.4 is 15.4 Å². The number of benzene rings is 2. The van der Waals surface area contributed by atoms with Gasteiger partial charge in [0.2, 0.25) is 0 Å². The second-order valence-corrected chi connectivity index (χ2v) is 5.79. The fourth-order valence-electron chi connectivity index (χ4n) is 3.03. The normalized spacial score (nSPS) is 16.2. The summed E-state index contributed by atoms with van der Waals surface area (Å²) in [6.45, 7) is 2.31. The molecule has 2 N–H and O–H groups in total. The Morgan fingerprint density at radius 1 is 1.25 bits per heavy atom. The standard InChI is InChI=1S/C20H20N2O2/c1-3-11-22-17-10-9-16(21)13-18(17)24-19(20(22)23)12-15-8-6-5-7-14(15)4-2/h1,5-10,13,19H,4,11-12,21H2,2H3. The van der Waals surface area contributed by atoms with E-state index >= 15 is 0 Å². The quantitative estimate of drug-likeness (QED) is 0.696. The molecule has 3 rings (SSSR count). The second-order valence-electron chi connectivity index (χ2n) is 5.79. The van der Waals surface area contributed by atoms with Gasteiger partial charge in [0.15, 0.2) is 6.10 Å². The largest absolute Gasteiger partial charge is 0.478 e. The van der Waals surface area contributed by atoms with Gasteiger partial charge in [0.05, 0.1) is 12.2 Å². The number of ether oxygens (including phenoxy) is 1. The van der Waals surface area contributed by atoms with Gasteiger partial charge >= 0.3 is 0 Å². The first-order valence-electron chi connectivity index (χ1n) is 8.01. The van der Waals surface area contributed by atoms with Gasteiger partial charge in [-0.2, -0.15) is 0 Å². The lowest BCUT2D eigenvalue weighted by Crippen LogP contribution is -2.47. The number of nitrogen functional groups attached to an aromatic ring is 1. The summed E-state index contributed by atoms with van der Waals surface area (Å²) in [5, 5.41) is 0. The van der Waals surface area contributed by atoms with Gasteiger partial charge in [-0.25, -0.2) is 0 Å². The molecule has 0 aliphatic carbocycles. The van der Waals surface area contributed by atoms with Crippen LogP contribution >= 0.6 is 0 Å². The fourth-order valence-corrected chi connectivity index (χ4v) is 3.03. The van der Waals surface area contributed by atoms with E-state index in [9.17, 15) is 4.79 Å². The fraction of sp³-hybridized carbons (Fsp3) is 0.250. The predicted octanol–water partition coefficient (Wildman–Crippen LogP) is 2.80. The third kappa shape index (κ3) is 2.93. The Labute approximate surface area is 142 Å². The number of hydrogen-bond acceptors (Lipinski definition) is 3. The van der Waals surface area contributed by atoms with Crippen molar-refractivity contribution in [2.24, 2.45) is 0 Å². The van der Waals surface area contributed by atoms with Crippen LogP contribution in [0.15, 0.2) is 42.5 Å². The molecule has 0 spiro atoms. The van der Waals surface area contributed by atoms with E-state index in [1.54, 1.807) is 23.1 Å². The summed E-state index contributed by atoms with van der Waals surface area (Å²) >= 11 is 0. The molecule has 122 valence electrons. The highest BCUT2D eigenvalue weighted by atomic mass is 16.5. The van der Waals surface area contributed by atoms with Gasteiger partial charge in [-0.3, -0.25) is 9.69 Å². The summed E-state index contributed by atoms with van der Waals surface area (Å²) in [5.41, 5.74) is 9.46. The minimum absolute atomic E-state index is 0.115. The lowest BCUT2D eigenvalue weighted by molar-refractivity contribution is -0.126. The van der Waals surface area contributed by atoms with Crippen molar-refractivity contribution in [2.75, 3.05) is 17.2 Å². The van der Waals surface area contributed by atoms with Crippen LogP contribution in [0.4, 0.5) is 11.4 Å². The lowest BCUT2D eigenvalue weighted by atomic mass is 9.98. The number of hydrogen-bond donors (Lipinski definition) is 1. The van der Waals surface area contributed by atoms with Crippen LogP contribution in [0.3, 0.4) is 0 Å². The molecule has 0 saturated carbocycles. The van der Waals surface area contributed by atoms with E-state index in [4.69, 9.17) is 16.9 Å². The van der Waals surface area contributed by atoms with Gasteiger partial charge in [-0.1, -0.05) is 37.1 Å². The minimum Gasteiger partial charge on any atom is -0.478 e. The molecule has 1 unspecified atom stereocenters. The number of carbonyl (C=O) groups excluding carboxylic acids is 1. The maximum Gasteiger partial charge on any atom is 0.269 e. The van der Waals surface area contributed by atoms with E-state index in [0.29, 0.717) is 23.5 Å². The molecule has 1 amide bonds. The number of aryl methyl sites for hydroxylation is 1. The number of nitrogens with two attached hydrogens (primary N) is 1. The van der Waals surface area contributed by atoms with Crippen molar-refractivity contribution in [2.45, 2.75) is 25.9 Å². The number of anilines is 2. The number of terminal acetylenes is 1. The Bertz CT molecular complexity index is 808. The first-order valence-corrected chi connectivity index (χ1v) is 8.01. The summed E-state index contributed by atoms with van der Waals surface area (Å²) < 4.78 is 5.97. The van der Waals surface area contributed by atoms with Crippen molar-refractivity contribution < 1.29 is 9.53 Å². The Morgan fingerprint density at radius 2 is 2.00 bits per heavy atom. The Kier molecular flexibility index (Phi) is 4.43. The van der Waals surface area contributed by atoms with Crippen molar-refractivity contribution in [3.05, 3.63) is 53.6 Å². The summed E-state index contributed by atoms with van der Waals surface area (Å²) in [6, 6.07) is 13.4. The molecule has 0 radical (unpaired) electrons. The molecule has 0 bridgehead atoms. The maximum atomic E-state index is 12.8. The van der Waals surface area contributed by atoms with Gasteiger partial charge in [0, 0.05) is 18.2 Å². The number of rotatable bonds is 4. The molecule has 24 heavy (non-hydrogen) atoms. The molecule has 1 aliphatic rings. The monoisotopic (exact) mass is 320 g/mol. The SMILES string of the molecule is C#CCN1C(=O)C(Cc2ccccc2CC)Oc2cc(N)ccc21. The molecule has 1 heterocycles. The van der Waals surface area contributed by atoms with E-state index < -0.39 is 6.10 Å². The van der Waals surface area contributed by atoms with Crippen LogP contribution in [0.25, 0.3) is 0 Å². The molecular formula is C20H20N2O2. The Morgan fingerprint density at radius 3 is 2.71 bits per heavy atom. The van der Waals surface area contributed by atoms with Gasteiger partial charge < -0.3 is 10.5 Å². The summed E-state index contributed by atoms with van der Waals surface area (Å²) in [7, 11) is 0. The van der Waals surface area contributed by atoms with Crippen LogP contribution in [0.1, 0.15) is 18.1 Å². The highest BCUT2D eigenvalue weighted by Crippen LogP contribution is 2.36. The molecule has 1 aliphatic heterocycles. The molecule has 0 aromatic heterocycles. The van der Waals surface area contributed by atoms with Gasteiger partial charge in [-0.15, -0.1) is 6.42 Å². The maximum absolute atomic E-state index is 12.8. The molecule has 2 aromatic rings. The third-order valence-corrected chi connectivity index (χ3v) is 4.24. The smallest absolute Gasteiger partial charge is 0.269 e. The van der Waals surface area contributed by atoms with Crippen molar-refractivity contribution in [3.8, 4) is 18.1 Å². The van der Waals surface area contributed by atoms with E-state index in [-0.39, 0.29) is 12.5 Å². The summed E-state index contributed by atoms with van der Waals surface area (Å²) in [6.07, 6.45) is 6.27. The third-order valence-electron chi connectivity index (χ3n) is 4.24. The Hall–Kier alpha value is -2.93. The van der Waals surface area contributed by atoms with Crippen molar-refractivity contribution in [1.82, 2.24) is 0 Å². The molecule has 2 aromatic carbocycles. The second kappa shape index (κ2) is 6.67. The zero-order valence-corrected chi connectivity index (χ0v) is 13.7. The lowest BCUT2D eigenvalue weighted by Gasteiger charge is -2.33. The molecule has 0 saturated heterocycles. The average molecular weight is 320 g/mol. The summed E-state index contributed by atoms with van der Waals surface area (Å²) in [5.74, 6) is 3.03. The van der Waals surface area contributed by atoms with E-state index in [0.717, 1.165) is 12.0 Å². The first kappa shape index (κ1) is 15.9. The number of fused-ring (bicyclic) bond motifs is 1. The zero-order valence-electron chi connectivity index (χ0n) is 13.7. The topological polar surface area (TPSA) is 55.6 Å². The van der Waals surface area contributed by atoms with Crippen LogP contribution in [-0.4, -0.2) is 18.6 Å². The predicted molar refractivity (Wildman–Crippen MR) is 96.0 cm³/mol. The minimum atomic E-state index is -0.597. The van der Waals surface area contributed by atoms with Crippen LogP contribution in [0.2, 0.25) is 0 Å². The van der Waals surface area contributed by atoms with Crippen LogP contribution in [0, 0.1) is 12.3 Å².